The molecule has 0 saturated heterocycles. The van der Waals surface area contributed by atoms with E-state index in [4.69, 9.17) is 5.73 Å². The van der Waals surface area contributed by atoms with E-state index in [0.29, 0.717) is 17.4 Å². The molecule has 0 unspecified atom stereocenters. The van der Waals surface area contributed by atoms with Gasteiger partial charge in [0.2, 0.25) is 5.91 Å². The summed E-state index contributed by atoms with van der Waals surface area (Å²) in [5.74, 6) is 0.949. The normalized spacial score (nSPS) is 17.1. The Hall–Kier alpha value is -2.73. The van der Waals surface area contributed by atoms with Crippen LogP contribution >= 0.6 is 15.9 Å². The van der Waals surface area contributed by atoms with Gasteiger partial charge in [-0.15, -0.1) is 0 Å². The number of nitrogens with two attached hydrogens (primary N) is 1. The first-order valence-corrected chi connectivity index (χ1v) is 11.6. The van der Waals surface area contributed by atoms with E-state index < -0.39 is 5.41 Å². The largest absolute Gasteiger partial charge is 0.382 e. The molecule has 1 amide bonds. The second-order valence-corrected chi connectivity index (χ2v) is 9.67. The zero-order valence-corrected chi connectivity index (χ0v) is 19.1. The summed E-state index contributed by atoms with van der Waals surface area (Å²) in [5.41, 5.74) is 11.8. The van der Waals surface area contributed by atoms with Crippen molar-refractivity contribution in [1.29, 1.82) is 0 Å². The predicted octanol–water partition coefficient (Wildman–Crippen LogP) is 5.73. The predicted molar refractivity (Wildman–Crippen MR) is 127 cm³/mol. The monoisotopic (exact) mass is 476 g/mol. The fourth-order valence-electron chi connectivity index (χ4n) is 4.42. The molecule has 3 N–H and O–H groups in total. The molecule has 31 heavy (non-hydrogen) atoms. The van der Waals surface area contributed by atoms with Gasteiger partial charge >= 0.3 is 0 Å². The van der Waals surface area contributed by atoms with E-state index in [2.05, 4.69) is 68.5 Å². The molecule has 2 saturated carbocycles. The summed E-state index contributed by atoms with van der Waals surface area (Å²) < 4.78 is 0.778. The number of aryl methyl sites for hydroxylation is 1. The first kappa shape index (κ1) is 20.2. The number of benzene rings is 1. The van der Waals surface area contributed by atoms with Gasteiger partial charge < -0.3 is 11.1 Å². The van der Waals surface area contributed by atoms with Crippen molar-refractivity contribution in [3.63, 3.8) is 0 Å². The molecule has 0 radical (unpaired) electrons. The molecular formula is C25H25BrN4O. The third-order valence-corrected chi connectivity index (χ3v) is 7.08. The van der Waals surface area contributed by atoms with Gasteiger partial charge in [-0.2, -0.15) is 0 Å². The second kappa shape index (κ2) is 7.75. The zero-order chi connectivity index (χ0) is 21.6. The van der Waals surface area contributed by atoms with Crippen LogP contribution in [0.15, 0.2) is 53.3 Å². The van der Waals surface area contributed by atoms with Crippen molar-refractivity contribution < 1.29 is 4.79 Å². The SMILES string of the molecule is Cc1cc(C2CC2)ncc1-c1ccc(C2(C(=O)Nc3cc(Br)cnc3N)CCC2)cc1. The summed E-state index contributed by atoms with van der Waals surface area (Å²) >= 11 is 3.39. The lowest BCUT2D eigenvalue weighted by molar-refractivity contribution is -0.124. The van der Waals surface area contributed by atoms with Crippen LogP contribution in [0.5, 0.6) is 0 Å². The number of rotatable bonds is 5. The number of hydrogen-bond acceptors (Lipinski definition) is 4. The standard InChI is InChI=1S/C25H25BrN4O/c1-15-11-21(17-3-4-17)28-14-20(15)16-5-7-18(8-6-16)25(9-2-10-25)24(31)30-22-12-19(26)13-29-23(22)27/h5-8,11-14,17H,2-4,9-10H2,1H3,(H2,27,29)(H,30,31). The summed E-state index contributed by atoms with van der Waals surface area (Å²) in [6.07, 6.45) is 8.82. The Kier molecular flexibility index (Phi) is 5.05. The van der Waals surface area contributed by atoms with Crippen LogP contribution in [0.1, 0.15) is 54.8 Å². The highest BCUT2D eigenvalue weighted by Gasteiger charge is 2.45. The Bertz CT molecular complexity index is 1150. The number of pyridine rings is 2. The molecule has 158 valence electrons. The third kappa shape index (κ3) is 3.74. The average Bonchev–Trinajstić information content (AvgIpc) is 3.56. The highest BCUT2D eigenvalue weighted by atomic mass is 79.9. The minimum Gasteiger partial charge on any atom is -0.382 e. The Labute approximate surface area is 190 Å². The van der Waals surface area contributed by atoms with Crippen molar-refractivity contribution >= 4 is 33.3 Å². The van der Waals surface area contributed by atoms with Gasteiger partial charge in [0.1, 0.15) is 5.82 Å². The highest BCUT2D eigenvalue weighted by molar-refractivity contribution is 9.10. The lowest BCUT2D eigenvalue weighted by atomic mass is 9.63. The molecule has 2 aliphatic rings. The summed E-state index contributed by atoms with van der Waals surface area (Å²) in [5, 5.41) is 3.00. The topological polar surface area (TPSA) is 80.9 Å². The number of aromatic nitrogens is 2. The number of carbonyl (C=O) groups excluding carboxylic acids is 1. The van der Waals surface area contributed by atoms with Crippen LogP contribution in [0.2, 0.25) is 0 Å². The smallest absolute Gasteiger partial charge is 0.235 e. The summed E-state index contributed by atoms with van der Waals surface area (Å²) in [6.45, 7) is 2.15. The molecule has 0 spiro atoms. The summed E-state index contributed by atoms with van der Waals surface area (Å²) in [4.78, 5) is 22.1. The van der Waals surface area contributed by atoms with Gasteiger partial charge in [0, 0.05) is 34.0 Å². The van der Waals surface area contributed by atoms with Crippen molar-refractivity contribution in [3.05, 3.63) is 70.1 Å². The van der Waals surface area contributed by atoms with Crippen molar-refractivity contribution in [1.82, 2.24) is 9.97 Å². The molecule has 5 rings (SSSR count). The Morgan fingerprint density at radius 1 is 1.13 bits per heavy atom. The first-order valence-electron chi connectivity index (χ1n) is 10.8. The fraction of sp³-hybridized carbons (Fsp3) is 0.320. The van der Waals surface area contributed by atoms with Crippen molar-refractivity contribution in [3.8, 4) is 11.1 Å². The van der Waals surface area contributed by atoms with Crippen LogP contribution in [0, 0.1) is 6.92 Å². The van der Waals surface area contributed by atoms with E-state index >= 15 is 0 Å². The molecule has 2 aliphatic carbocycles. The molecule has 0 aliphatic heterocycles. The van der Waals surface area contributed by atoms with Crippen LogP contribution < -0.4 is 11.1 Å². The molecule has 3 aromatic rings. The lowest BCUT2D eigenvalue weighted by Gasteiger charge is -2.40. The number of hydrogen-bond donors (Lipinski definition) is 2. The molecule has 1 aromatic carbocycles. The molecule has 6 heteroatoms. The number of nitrogens with zero attached hydrogens (tertiary/aromatic N) is 2. The maximum absolute atomic E-state index is 13.3. The first-order chi connectivity index (χ1) is 15.0. The van der Waals surface area contributed by atoms with Gasteiger partial charge in [0.05, 0.1) is 11.1 Å². The van der Waals surface area contributed by atoms with Crippen molar-refractivity contribution in [2.45, 2.75) is 50.4 Å². The number of carbonyl (C=O) groups is 1. The molecule has 2 fully saturated rings. The molecular weight excluding hydrogens is 452 g/mol. The Morgan fingerprint density at radius 2 is 1.87 bits per heavy atom. The maximum atomic E-state index is 13.3. The Balaban J connectivity index is 1.40. The molecule has 2 aromatic heterocycles. The quantitative estimate of drug-likeness (QED) is 0.492. The van der Waals surface area contributed by atoms with Crippen molar-refractivity contribution in [2.75, 3.05) is 11.1 Å². The van der Waals surface area contributed by atoms with Gasteiger partial charge in [-0.1, -0.05) is 30.7 Å². The molecule has 0 bridgehead atoms. The van der Waals surface area contributed by atoms with Crippen LogP contribution in [-0.2, 0) is 10.2 Å². The second-order valence-electron chi connectivity index (χ2n) is 8.75. The molecule has 2 heterocycles. The lowest BCUT2D eigenvalue weighted by Crippen LogP contribution is -2.46. The van der Waals surface area contributed by atoms with E-state index in [9.17, 15) is 4.79 Å². The number of nitrogen functional groups attached to an aromatic ring is 1. The van der Waals surface area contributed by atoms with Crippen LogP contribution in [0.25, 0.3) is 11.1 Å². The van der Waals surface area contributed by atoms with E-state index in [0.717, 1.165) is 40.4 Å². The van der Waals surface area contributed by atoms with Gasteiger partial charge in [-0.25, -0.2) is 4.98 Å². The number of halogens is 1. The summed E-state index contributed by atoms with van der Waals surface area (Å²) in [6, 6.07) is 12.4. The number of amides is 1. The number of nitrogens with one attached hydrogen (secondary N) is 1. The van der Waals surface area contributed by atoms with E-state index in [1.54, 1.807) is 12.3 Å². The molecule has 5 nitrogen and oxygen atoms in total. The van der Waals surface area contributed by atoms with Gasteiger partial charge in [-0.05, 0) is 77.4 Å². The van der Waals surface area contributed by atoms with Crippen molar-refractivity contribution in [2.24, 2.45) is 0 Å². The third-order valence-electron chi connectivity index (χ3n) is 6.65. The maximum Gasteiger partial charge on any atom is 0.235 e. The van der Waals surface area contributed by atoms with Gasteiger partial charge in [-0.3, -0.25) is 9.78 Å². The zero-order valence-electron chi connectivity index (χ0n) is 17.5. The van der Waals surface area contributed by atoms with E-state index in [-0.39, 0.29) is 5.91 Å². The van der Waals surface area contributed by atoms with E-state index in [1.807, 2.05) is 6.20 Å². The van der Waals surface area contributed by atoms with E-state index in [1.165, 1.54) is 24.1 Å². The summed E-state index contributed by atoms with van der Waals surface area (Å²) in [7, 11) is 0. The van der Waals surface area contributed by atoms with Crippen LogP contribution in [0.3, 0.4) is 0 Å². The Morgan fingerprint density at radius 3 is 2.48 bits per heavy atom. The minimum atomic E-state index is -0.517. The van der Waals surface area contributed by atoms with Crippen LogP contribution in [0.4, 0.5) is 11.5 Å². The molecule has 0 atom stereocenters. The fourth-order valence-corrected chi connectivity index (χ4v) is 4.75. The highest BCUT2D eigenvalue weighted by Crippen LogP contribution is 2.45. The minimum absolute atomic E-state index is 0.0234. The van der Waals surface area contributed by atoms with Crippen LogP contribution in [-0.4, -0.2) is 15.9 Å². The van der Waals surface area contributed by atoms with Gasteiger partial charge in [0.15, 0.2) is 0 Å². The number of anilines is 2. The van der Waals surface area contributed by atoms with Gasteiger partial charge in [0.25, 0.3) is 0 Å². The average molecular weight is 477 g/mol.